The van der Waals surface area contributed by atoms with Gasteiger partial charge in [-0.2, -0.15) is 0 Å². The van der Waals surface area contributed by atoms with Gasteiger partial charge in [0.1, 0.15) is 0 Å². The number of hydrogen-bond donors (Lipinski definition) is 2. The van der Waals surface area contributed by atoms with E-state index in [0.29, 0.717) is 6.54 Å². The summed E-state index contributed by atoms with van der Waals surface area (Å²) >= 11 is 0. The van der Waals surface area contributed by atoms with Gasteiger partial charge in [-0.05, 0) is 73.9 Å². The van der Waals surface area contributed by atoms with Crippen LogP contribution in [0.15, 0.2) is 36.4 Å². The van der Waals surface area contributed by atoms with Gasteiger partial charge in [0.25, 0.3) is 0 Å². The highest BCUT2D eigenvalue weighted by Crippen LogP contribution is 2.32. The van der Waals surface area contributed by atoms with Crippen molar-refractivity contribution in [3.63, 3.8) is 0 Å². The first-order valence-corrected chi connectivity index (χ1v) is 10.1. The third-order valence-electron chi connectivity index (χ3n) is 5.67. The number of aryl methyl sites for hydroxylation is 2. The molecule has 0 spiro atoms. The second-order valence-corrected chi connectivity index (χ2v) is 7.75. The summed E-state index contributed by atoms with van der Waals surface area (Å²) in [5.41, 5.74) is 5.19. The molecule has 0 saturated carbocycles. The summed E-state index contributed by atoms with van der Waals surface area (Å²) in [6.45, 7) is 4.75. The van der Waals surface area contributed by atoms with Gasteiger partial charge in [0.2, 0.25) is 12.7 Å². The number of benzene rings is 2. The summed E-state index contributed by atoms with van der Waals surface area (Å²) in [4.78, 5) is 12.5. The highest BCUT2D eigenvalue weighted by atomic mass is 16.7. The molecule has 0 unspecified atom stereocenters. The maximum absolute atomic E-state index is 12.5. The second kappa shape index (κ2) is 8.23. The SMILES string of the molecule is C[C@H](N[C@H](C)C(=O)NCc1ccc2c(c1)OCO2)c1ccc2c(c1)CCCC2. The first kappa shape index (κ1) is 18.8. The molecule has 0 bridgehead atoms. The van der Waals surface area contributed by atoms with E-state index in [2.05, 4.69) is 35.8 Å². The third-order valence-corrected chi connectivity index (χ3v) is 5.67. The van der Waals surface area contributed by atoms with Gasteiger partial charge in [0, 0.05) is 12.6 Å². The van der Waals surface area contributed by atoms with Crippen molar-refractivity contribution in [2.75, 3.05) is 6.79 Å². The van der Waals surface area contributed by atoms with Crippen LogP contribution in [0, 0.1) is 0 Å². The molecule has 1 heterocycles. The van der Waals surface area contributed by atoms with Crippen molar-refractivity contribution in [3.8, 4) is 11.5 Å². The monoisotopic (exact) mass is 380 g/mol. The minimum absolute atomic E-state index is 0.0116. The van der Waals surface area contributed by atoms with Crippen molar-refractivity contribution in [1.29, 1.82) is 0 Å². The molecular weight excluding hydrogens is 352 g/mol. The van der Waals surface area contributed by atoms with E-state index in [1.54, 1.807) is 0 Å². The summed E-state index contributed by atoms with van der Waals surface area (Å²) in [6.07, 6.45) is 4.93. The van der Waals surface area contributed by atoms with Crippen LogP contribution in [0.3, 0.4) is 0 Å². The highest BCUT2D eigenvalue weighted by molar-refractivity contribution is 5.81. The van der Waals surface area contributed by atoms with E-state index in [1.807, 2.05) is 25.1 Å². The van der Waals surface area contributed by atoms with E-state index in [-0.39, 0.29) is 24.8 Å². The Morgan fingerprint density at radius 1 is 1.00 bits per heavy atom. The second-order valence-electron chi connectivity index (χ2n) is 7.75. The van der Waals surface area contributed by atoms with Gasteiger partial charge in [-0.15, -0.1) is 0 Å². The van der Waals surface area contributed by atoms with Crippen molar-refractivity contribution in [3.05, 3.63) is 58.7 Å². The first-order valence-electron chi connectivity index (χ1n) is 10.1. The van der Waals surface area contributed by atoms with Crippen LogP contribution in [0.4, 0.5) is 0 Å². The fourth-order valence-electron chi connectivity index (χ4n) is 3.96. The van der Waals surface area contributed by atoms with Crippen LogP contribution in [-0.2, 0) is 24.2 Å². The van der Waals surface area contributed by atoms with Crippen LogP contribution in [0.1, 0.15) is 55.0 Å². The van der Waals surface area contributed by atoms with Crippen molar-refractivity contribution < 1.29 is 14.3 Å². The molecule has 1 amide bonds. The zero-order valence-electron chi connectivity index (χ0n) is 16.6. The number of ether oxygens (including phenoxy) is 2. The lowest BCUT2D eigenvalue weighted by molar-refractivity contribution is -0.123. The lowest BCUT2D eigenvalue weighted by Crippen LogP contribution is -2.42. The Hall–Kier alpha value is -2.53. The smallest absolute Gasteiger partial charge is 0.237 e. The van der Waals surface area contributed by atoms with Crippen molar-refractivity contribution in [2.45, 2.75) is 58.2 Å². The Labute approximate surface area is 166 Å². The third kappa shape index (κ3) is 4.14. The fraction of sp³-hybridized carbons (Fsp3) is 0.435. The molecule has 0 aromatic heterocycles. The van der Waals surface area contributed by atoms with Gasteiger partial charge in [-0.25, -0.2) is 0 Å². The topological polar surface area (TPSA) is 59.6 Å². The van der Waals surface area contributed by atoms with E-state index in [4.69, 9.17) is 9.47 Å². The minimum Gasteiger partial charge on any atom is -0.454 e. The van der Waals surface area contributed by atoms with Crippen molar-refractivity contribution in [2.24, 2.45) is 0 Å². The summed E-state index contributed by atoms with van der Waals surface area (Å²) in [5, 5.41) is 6.42. The van der Waals surface area contributed by atoms with Crippen LogP contribution in [0.5, 0.6) is 11.5 Å². The highest BCUT2D eigenvalue weighted by Gasteiger charge is 2.18. The summed E-state index contributed by atoms with van der Waals surface area (Å²) in [7, 11) is 0. The zero-order valence-corrected chi connectivity index (χ0v) is 16.6. The standard InChI is InChI=1S/C23H28N2O3/c1-15(19-9-8-18-5-3-4-6-20(18)12-19)25-16(2)23(26)24-13-17-7-10-21-22(11-17)28-14-27-21/h7-12,15-16,25H,3-6,13-14H2,1-2H3,(H,24,26)/t15-,16+/m0/s1. The van der Waals surface area contributed by atoms with E-state index in [1.165, 1.54) is 42.4 Å². The fourth-order valence-corrected chi connectivity index (χ4v) is 3.96. The summed E-state index contributed by atoms with van der Waals surface area (Å²) in [5.74, 6) is 1.48. The average Bonchev–Trinajstić information content (AvgIpc) is 3.19. The zero-order chi connectivity index (χ0) is 19.5. The Bertz CT molecular complexity index is 865. The number of amides is 1. The lowest BCUT2D eigenvalue weighted by atomic mass is 9.89. The predicted octanol–water partition coefficient (Wildman–Crippen LogP) is 3.65. The van der Waals surface area contributed by atoms with E-state index in [0.717, 1.165) is 17.1 Å². The number of carbonyl (C=O) groups excluding carboxylic acids is 1. The summed E-state index contributed by atoms with van der Waals surface area (Å²) in [6, 6.07) is 12.3. The number of hydrogen-bond acceptors (Lipinski definition) is 4. The lowest BCUT2D eigenvalue weighted by Gasteiger charge is -2.22. The average molecular weight is 380 g/mol. The number of nitrogens with one attached hydrogen (secondary N) is 2. The molecule has 28 heavy (non-hydrogen) atoms. The van der Waals surface area contributed by atoms with Crippen LogP contribution in [0.25, 0.3) is 0 Å². The molecular formula is C23H28N2O3. The quantitative estimate of drug-likeness (QED) is 0.803. The molecule has 4 rings (SSSR count). The van der Waals surface area contributed by atoms with Gasteiger partial charge in [-0.3, -0.25) is 10.1 Å². The van der Waals surface area contributed by atoms with Gasteiger partial charge >= 0.3 is 0 Å². The van der Waals surface area contributed by atoms with E-state index < -0.39 is 0 Å². The van der Waals surface area contributed by atoms with Gasteiger partial charge in [0.15, 0.2) is 11.5 Å². The van der Waals surface area contributed by atoms with E-state index >= 15 is 0 Å². The maximum atomic E-state index is 12.5. The van der Waals surface area contributed by atoms with Crippen molar-refractivity contribution in [1.82, 2.24) is 10.6 Å². The van der Waals surface area contributed by atoms with E-state index in [9.17, 15) is 4.79 Å². The molecule has 2 aliphatic rings. The number of rotatable bonds is 6. The van der Waals surface area contributed by atoms with Crippen LogP contribution >= 0.6 is 0 Å². The molecule has 5 heteroatoms. The minimum atomic E-state index is -0.278. The molecule has 5 nitrogen and oxygen atoms in total. The molecule has 0 fully saturated rings. The molecule has 1 aliphatic carbocycles. The first-order chi connectivity index (χ1) is 13.6. The Balaban J connectivity index is 1.31. The number of carbonyl (C=O) groups is 1. The Kier molecular flexibility index (Phi) is 5.53. The van der Waals surface area contributed by atoms with Crippen LogP contribution < -0.4 is 20.1 Å². The Morgan fingerprint density at radius 3 is 2.64 bits per heavy atom. The predicted molar refractivity (Wildman–Crippen MR) is 109 cm³/mol. The van der Waals surface area contributed by atoms with Crippen LogP contribution in [-0.4, -0.2) is 18.7 Å². The molecule has 2 aromatic carbocycles. The Morgan fingerprint density at radius 2 is 1.79 bits per heavy atom. The molecule has 0 saturated heterocycles. The van der Waals surface area contributed by atoms with Crippen LogP contribution in [0.2, 0.25) is 0 Å². The molecule has 0 radical (unpaired) electrons. The molecule has 1 aliphatic heterocycles. The number of fused-ring (bicyclic) bond motifs is 2. The van der Waals surface area contributed by atoms with Gasteiger partial charge in [0.05, 0.1) is 6.04 Å². The molecule has 148 valence electrons. The molecule has 2 aromatic rings. The maximum Gasteiger partial charge on any atom is 0.237 e. The normalized spacial score (nSPS) is 16.9. The largest absolute Gasteiger partial charge is 0.454 e. The molecule has 2 N–H and O–H groups in total. The van der Waals surface area contributed by atoms with Gasteiger partial charge < -0.3 is 14.8 Å². The summed E-state index contributed by atoms with van der Waals surface area (Å²) < 4.78 is 10.7. The molecule has 2 atom stereocenters. The van der Waals surface area contributed by atoms with Gasteiger partial charge in [-0.1, -0.05) is 24.3 Å². The van der Waals surface area contributed by atoms with Crippen molar-refractivity contribution >= 4 is 5.91 Å².